The Kier molecular flexibility index (Phi) is 15.9. The van der Waals surface area contributed by atoms with Crippen LogP contribution in [0.25, 0.3) is 11.4 Å². The van der Waals surface area contributed by atoms with Gasteiger partial charge in [0.1, 0.15) is 29.8 Å². The smallest absolute Gasteiger partial charge is 0.308 e. The van der Waals surface area contributed by atoms with Gasteiger partial charge in [-0.25, -0.2) is 18.1 Å². The Balaban J connectivity index is 0.000000167. The highest BCUT2D eigenvalue weighted by Gasteiger charge is 2.38. The molecule has 0 spiro atoms. The molecular formula is C40H32Cl3F11N12O2. The number of H-pyrrole nitrogens is 2. The number of anilines is 2. The maximum Gasteiger partial charge on any atom is 0.436 e. The summed E-state index contributed by atoms with van der Waals surface area (Å²) in [5, 5.41) is 20.8. The summed E-state index contributed by atoms with van der Waals surface area (Å²) >= 11 is 16.3. The summed E-state index contributed by atoms with van der Waals surface area (Å²) in [5.74, 6) is -1.25. The first-order valence-electron chi connectivity index (χ1n) is 19.5. The van der Waals surface area contributed by atoms with E-state index in [9.17, 15) is 57.9 Å². The fourth-order valence-corrected chi connectivity index (χ4v) is 7.28. The van der Waals surface area contributed by atoms with Gasteiger partial charge < -0.3 is 9.80 Å². The largest absolute Gasteiger partial charge is 0.436 e. The van der Waals surface area contributed by atoms with Crippen LogP contribution in [0.3, 0.4) is 0 Å². The van der Waals surface area contributed by atoms with Crippen LogP contribution in [0.15, 0.2) is 85.6 Å². The standard InChI is InChI=1S/C18H14ClF4N5O.C14H13ClFN3O.C4H2ClF3N2.C4H3F3N2/c19-13-9-26(25-17(13)18(21,22)23)10-16(29)27-7-1-2-14-15(27)8-24-28(14)12-5-3-11(20)4-6-12;15-8-14(20)18-7-1-2-12-13(18)9-17-19(12)11-5-3-10(16)4-6-11;5-2-1-9-10-3(2)4(6,7)8;5-4(6,7)3-1-2-8-9-3/h3-6,8-9H,1-2,7,10H2;3-6,9H,1-2,7-8H2;1H,(H,9,10);1-2H,(H,8,9). The van der Waals surface area contributed by atoms with Gasteiger partial charge in [-0.2, -0.15) is 65.0 Å². The minimum absolute atomic E-state index is 0.0405. The van der Waals surface area contributed by atoms with E-state index in [4.69, 9.17) is 34.8 Å². The first kappa shape index (κ1) is 50.9. The summed E-state index contributed by atoms with van der Waals surface area (Å²) in [7, 11) is 0. The average Bonchev–Trinajstić information content (AvgIpc) is 4.15. The number of amides is 2. The molecular weight excluding hydrogens is 996 g/mol. The molecule has 0 saturated heterocycles. The highest BCUT2D eigenvalue weighted by molar-refractivity contribution is 6.31. The molecule has 0 saturated carbocycles. The van der Waals surface area contributed by atoms with Crippen LogP contribution in [-0.4, -0.2) is 80.5 Å². The molecule has 362 valence electrons. The van der Waals surface area contributed by atoms with Gasteiger partial charge in [0.2, 0.25) is 11.8 Å². The first-order valence-corrected chi connectivity index (χ1v) is 20.8. The van der Waals surface area contributed by atoms with Crippen LogP contribution < -0.4 is 9.80 Å². The first-order chi connectivity index (χ1) is 32.1. The average molecular weight is 1030 g/mol. The lowest BCUT2D eigenvalue weighted by Crippen LogP contribution is -2.37. The van der Waals surface area contributed by atoms with Gasteiger partial charge in [-0.05, 0) is 80.3 Å². The van der Waals surface area contributed by atoms with Crippen LogP contribution in [0.4, 0.5) is 59.7 Å². The van der Waals surface area contributed by atoms with Gasteiger partial charge in [0.05, 0.1) is 62.8 Å². The van der Waals surface area contributed by atoms with Crippen molar-refractivity contribution >= 4 is 58.0 Å². The van der Waals surface area contributed by atoms with Crippen LogP contribution in [0.5, 0.6) is 0 Å². The summed E-state index contributed by atoms with van der Waals surface area (Å²) in [6, 6.07) is 12.8. The van der Waals surface area contributed by atoms with Crippen molar-refractivity contribution in [2.75, 3.05) is 28.8 Å². The number of aromatic nitrogens is 10. The molecule has 2 aliphatic heterocycles. The number of halogens is 14. The van der Waals surface area contributed by atoms with Crippen molar-refractivity contribution < 1.29 is 57.9 Å². The normalized spacial score (nSPS) is 13.6. The molecule has 7 heterocycles. The number of rotatable bonds is 5. The Hall–Kier alpha value is -6.47. The highest BCUT2D eigenvalue weighted by Crippen LogP contribution is 2.35. The SMILES string of the molecule is FC(F)(F)c1[nH]ncc1Cl.FC(F)(F)c1ccn[nH]1.O=C(CCl)N1CCCc2c1cnn2-c1ccc(F)cc1.O=C(Cn1cc(Cl)c(C(F)(F)F)n1)N1CCCc2c1cnn2-c1ccc(F)cc1. The van der Waals surface area contributed by atoms with Crippen molar-refractivity contribution in [2.24, 2.45) is 0 Å². The van der Waals surface area contributed by atoms with E-state index >= 15 is 0 Å². The zero-order valence-corrected chi connectivity index (χ0v) is 36.6. The maximum atomic E-state index is 13.2. The van der Waals surface area contributed by atoms with Crippen LogP contribution in [0.2, 0.25) is 10.0 Å². The topological polar surface area (TPSA) is 151 Å². The molecule has 5 aromatic heterocycles. The van der Waals surface area contributed by atoms with Crippen molar-refractivity contribution in [3.63, 3.8) is 0 Å². The van der Waals surface area contributed by atoms with E-state index in [1.54, 1.807) is 54.9 Å². The molecule has 28 heteroatoms. The van der Waals surface area contributed by atoms with E-state index in [1.165, 1.54) is 35.4 Å². The van der Waals surface area contributed by atoms with E-state index in [1.807, 2.05) is 0 Å². The van der Waals surface area contributed by atoms with Crippen molar-refractivity contribution in [3.05, 3.63) is 136 Å². The highest BCUT2D eigenvalue weighted by atomic mass is 35.5. The predicted molar refractivity (Wildman–Crippen MR) is 224 cm³/mol. The van der Waals surface area contributed by atoms with Crippen LogP contribution >= 0.6 is 34.8 Å². The molecule has 0 unspecified atom stereocenters. The lowest BCUT2D eigenvalue weighted by molar-refractivity contribution is -0.142. The lowest BCUT2D eigenvalue weighted by atomic mass is 10.1. The summed E-state index contributed by atoms with van der Waals surface area (Å²) in [6.07, 6.45) is -4.29. The number of aromatic amines is 2. The molecule has 9 rings (SSSR count). The van der Waals surface area contributed by atoms with Gasteiger partial charge in [0.25, 0.3) is 0 Å². The lowest BCUT2D eigenvalue weighted by Gasteiger charge is -2.27. The molecule has 2 aromatic carbocycles. The molecule has 2 N–H and O–H groups in total. The monoisotopic (exact) mass is 1030 g/mol. The third kappa shape index (κ3) is 12.3. The summed E-state index contributed by atoms with van der Waals surface area (Å²) in [4.78, 5) is 27.7. The molecule has 0 bridgehead atoms. The second-order valence-electron chi connectivity index (χ2n) is 14.2. The van der Waals surface area contributed by atoms with Gasteiger partial charge in [-0.15, -0.1) is 11.6 Å². The Morgan fingerprint density at radius 3 is 1.51 bits per heavy atom. The van der Waals surface area contributed by atoms with E-state index in [0.717, 1.165) is 64.9 Å². The van der Waals surface area contributed by atoms with Crippen molar-refractivity contribution in [2.45, 2.75) is 50.8 Å². The molecule has 0 aliphatic carbocycles. The zero-order chi connectivity index (χ0) is 49.6. The van der Waals surface area contributed by atoms with Crippen LogP contribution in [0.1, 0.15) is 41.3 Å². The number of carbonyl (C=O) groups is 2. The minimum atomic E-state index is -4.69. The summed E-state index contributed by atoms with van der Waals surface area (Å²) in [5.41, 5.74) is 1.48. The number of hydrogen-bond donors (Lipinski definition) is 2. The number of carbonyl (C=O) groups excluding carboxylic acids is 2. The van der Waals surface area contributed by atoms with Crippen molar-refractivity contribution in [1.82, 2.24) is 49.7 Å². The molecule has 14 nitrogen and oxygen atoms in total. The Labute approximate surface area is 391 Å². The summed E-state index contributed by atoms with van der Waals surface area (Å²) < 4.78 is 139. The number of nitrogens with zero attached hydrogens (tertiary/aromatic N) is 10. The van der Waals surface area contributed by atoms with Crippen molar-refractivity contribution in [1.29, 1.82) is 0 Å². The van der Waals surface area contributed by atoms with Gasteiger partial charge in [0, 0.05) is 25.5 Å². The number of fused-ring (bicyclic) bond motifs is 2. The molecule has 0 fully saturated rings. The second-order valence-corrected chi connectivity index (χ2v) is 15.3. The fraction of sp³-hybridized carbons (Fsp3) is 0.275. The molecule has 0 atom stereocenters. The Bertz CT molecular complexity index is 2780. The van der Waals surface area contributed by atoms with Crippen LogP contribution in [-0.2, 0) is 47.5 Å². The fourth-order valence-electron chi connectivity index (χ4n) is 6.68. The van der Waals surface area contributed by atoms with Gasteiger partial charge in [-0.1, -0.05) is 23.2 Å². The molecule has 2 aliphatic rings. The van der Waals surface area contributed by atoms with Gasteiger partial charge in [0.15, 0.2) is 11.4 Å². The van der Waals surface area contributed by atoms with Crippen molar-refractivity contribution in [3.8, 4) is 11.4 Å². The van der Waals surface area contributed by atoms with E-state index < -0.39 is 58.1 Å². The number of nitrogens with one attached hydrogen (secondary N) is 2. The third-order valence-electron chi connectivity index (χ3n) is 9.69. The molecule has 2 amide bonds. The Morgan fingerprint density at radius 2 is 1.15 bits per heavy atom. The number of alkyl halides is 10. The maximum absolute atomic E-state index is 13.2. The minimum Gasteiger partial charge on any atom is -0.308 e. The zero-order valence-electron chi connectivity index (χ0n) is 34.3. The number of hydrogen-bond acceptors (Lipinski definition) is 7. The van der Waals surface area contributed by atoms with E-state index in [0.29, 0.717) is 37.3 Å². The molecule has 68 heavy (non-hydrogen) atoms. The Morgan fingerprint density at radius 1 is 0.632 bits per heavy atom. The predicted octanol–water partition coefficient (Wildman–Crippen LogP) is 9.90. The summed E-state index contributed by atoms with van der Waals surface area (Å²) in [6.45, 7) is 0.673. The second kappa shape index (κ2) is 21.2. The molecule has 7 aromatic rings. The third-order valence-corrected chi connectivity index (χ3v) is 10.5. The van der Waals surface area contributed by atoms with E-state index in [2.05, 4.69) is 25.5 Å². The van der Waals surface area contributed by atoms with Gasteiger partial charge in [-0.3, -0.25) is 24.5 Å². The van der Waals surface area contributed by atoms with E-state index in [-0.39, 0.29) is 23.4 Å². The number of benzene rings is 2. The quantitative estimate of drug-likeness (QED) is 0.129. The van der Waals surface area contributed by atoms with Crippen LogP contribution in [0, 0.1) is 11.6 Å². The molecule has 0 radical (unpaired) electrons. The van der Waals surface area contributed by atoms with Gasteiger partial charge >= 0.3 is 18.5 Å².